The summed E-state index contributed by atoms with van der Waals surface area (Å²) in [7, 11) is 0. The predicted octanol–water partition coefficient (Wildman–Crippen LogP) is 5.62. The molecule has 0 spiro atoms. The number of urea groups is 2. The van der Waals surface area contributed by atoms with Crippen molar-refractivity contribution < 1.29 is 18.8 Å². The summed E-state index contributed by atoms with van der Waals surface area (Å²) in [5, 5.41) is 12.3. The SMILES string of the molecule is N#Cc1ccc(C2C3=C(CCCC3=O)N(c3cccc(CF)c3)C(=O)N2C(=O)NC2CCSCC2)cc1. The third-order valence-corrected chi connectivity index (χ3v) is 8.12. The van der Waals surface area contributed by atoms with E-state index in [2.05, 4.69) is 11.4 Å². The fourth-order valence-electron chi connectivity index (χ4n) is 5.24. The zero-order chi connectivity index (χ0) is 25.9. The van der Waals surface area contributed by atoms with Crippen LogP contribution in [0.15, 0.2) is 59.8 Å². The Balaban J connectivity index is 1.66. The van der Waals surface area contributed by atoms with E-state index in [1.165, 1.54) is 4.90 Å². The molecule has 1 unspecified atom stereocenters. The first-order chi connectivity index (χ1) is 18.0. The molecule has 0 radical (unpaired) electrons. The normalized spacial score (nSPS) is 20.5. The van der Waals surface area contributed by atoms with E-state index in [9.17, 15) is 24.0 Å². The molecule has 5 rings (SSSR count). The Bertz CT molecular complexity index is 1300. The Hall–Kier alpha value is -3.64. The molecule has 1 saturated heterocycles. The molecule has 37 heavy (non-hydrogen) atoms. The van der Waals surface area contributed by atoms with E-state index >= 15 is 0 Å². The number of carbonyl (C=O) groups is 3. The lowest BCUT2D eigenvalue weighted by Gasteiger charge is -2.44. The number of nitrogens with one attached hydrogen (secondary N) is 1. The maximum atomic E-state index is 14.2. The number of carbonyl (C=O) groups excluding carboxylic acids is 3. The molecule has 1 fully saturated rings. The number of amides is 4. The quantitative estimate of drug-likeness (QED) is 0.567. The van der Waals surface area contributed by atoms with Gasteiger partial charge in [-0.25, -0.2) is 18.9 Å². The highest BCUT2D eigenvalue weighted by molar-refractivity contribution is 7.99. The second-order valence-corrected chi connectivity index (χ2v) is 10.6. The number of nitrogens with zero attached hydrogens (tertiary/aromatic N) is 3. The topological polar surface area (TPSA) is 93.5 Å². The van der Waals surface area contributed by atoms with Gasteiger partial charge in [-0.2, -0.15) is 17.0 Å². The van der Waals surface area contributed by atoms with Gasteiger partial charge in [-0.1, -0.05) is 24.3 Å². The van der Waals surface area contributed by atoms with E-state index in [0.29, 0.717) is 52.9 Å². The molecule has 1 N–H and O–H groups in total. The molecule has 0 aromatic heterocycles. The number of rotatable bonds is 4. The van der Waals surface area contributed by atoms with Crippen molar-refractivity contribution in [3.8, 4) is 6.07 Å². The average molecular weight is 519 g/mol. The van der Waals surface area contributed by atoms with Gasteiger partial charge < -0.3 is 5.32 Å². The molecule has 2 heterocycles. The van der Waals surface area contributed by atoms with Crippen molar-refractivity contribution in [1.29, 1.82) is 5.26 Å². The Kier molecular flexibility index (Phi) is 7.28. The summed E-state index contributed by atoms with van der Waals surface area (Å²) >= 11 is 1.83. The number of imide groups is 1. The van der Waals surface area contributed by atoms with E-state index in [0.717, 1.165) is 29.2 Å². The molecule has 2 aromatic rings. The smallest absolute Gasteiger partial charge is 0.335 e. The van der Waals surface area contributed by atoms with Crippen molar-refractivity contribution in [3.05, 3.63) is 76.5 Å². The summed E-state index contributed by atoms with van der Waals surface area (Å²) in [6.45, 7) is -0.696. The predicted molar refractivity (Wildman–Crippen MR) is 140 cm³/mol. The average Bonchev–Trinajstić information content (AvgIpc) is 2.93. The number of anilines is 1. The molecule has 3 aliphatic rings. The fourth-order valence-corrected chi connectivity index (χ4v) is 6.35. The highest BCUT2D eigenvalue weighted by Crippen LogP contribution is 2.44. The number of ketones is 1. The van der Waals surface area contributed by atoms with Crippen LogP contribution in [0.5, 0.6) is 0 Å². The number of benzene rings is 2. The molecule has 7 nitrogen and oxygen atoms in total. The molecule has 9 heteroatoms. The summed E-state index contributed by atoms with van der Waals surface area (Å²) in [5.41, 5.74) is 2.80. The second kappa shape index (κ2) is 10.8. The first-order valence-corrected chi connectivity index (χ1v) is 13.6. The molecule has 1 aliphatic carbocycles. The molecular weight excluding hydrogens is 491 g/mol. The van der Waals surface area contributed by atoms with Crippen molar-refractivity contribution in [2.45, 2.75) is 50.9 Å². The van der Waals surface area contributed by atoms with Gasteiger partial charge in [0.15, 0.2) is 5.78 Å². The fraction of sp³-hybridized carbons (Fsp3) is 0.357. The third-order valence-electron chi connectivity index (χ3n) is 7.07. The Morgan fingerprint density at radius 1 is 1.11 bits per heavy atom. The zero-order valence-corrected chi connectivity index (χ0v) is 21.1. The van der Waals surface area contributed by atoms with Crippen LogP contribution in [-0.2, 0) is 11.5 Å². The standard InChI is InChI=1S/C28H27FN4O3S/c29-16-19-3-1-4-22(15-19)32-23-5-2-6-24(34)25(23)26(20-9-7-18(17-30)8-10-20)33(28(32)36)27(35)31-21-11-13-37-14-12-21/h1,3-4,7-10,15,21,26H,2,5-6,11-14,16H2,(H,31,35). The van der Waals surface area contributed by atoms with Gasteiger partial charge in [0.2, 0.25) is 0 Å². The number of halogens is 1. The minimum atomic E-state index is -0.915. The minimum absolute atomic E-state index is 0.0658. The molecule has 0 saturated carbocycles. The maximum Gasteiger partial charge on any atom is 0.337 e. The highest BCUT2D eigenvalue weighted by Gasteiger charge is 2.47. The van der Waals surface area contributed by atoms with Crippen LogP contribution in [0, 0.1) is 11.3 Å². The van der Waals surface area contributed by atoms with Crippen LogP contribution < -0.4 is 10.2 Å². The summed E-state index contributed by atoms with van der Waals surface area (Å²) in [5.74, 6) is 1.73. The van der Waals surface area contributed by atoms with E-state index in [4.69, 9.17) is 0 Å². The van der Waals surface area contributed by atoms with Gasteiger partial charge in [0.05, 0.1) is 23.4 Å². The van der Waals surface area contributed by atoms with Gasteiger partial charge in [-0.15, -0.1) is 0 Å². The Morgan fingerprint density at radius 3 is 2.57 bits per heavy atom. The van der Waals surface area contributed by atoms with Gasteiger partial charge in [-0.3, -0.25) is 9.69 Å². The van der Waals surface area contributed by atoms with Gasteiger partial charge >= 0.3 is 12.1 Å². The number of hydrogen-bond donors (Lipinski definition) is 1. The summed E-state index contributed by atoms with van der Waals surface area (Å²) in [6.07, 6.45) is 2.97. The third kappa shape index (κ3) is 4.86. The van der Waals surface area contributed by atoms with Crippen LogP contribution in [0.4, 0.5) is 19.7 Å². The number of Topliss-reactive ketones (excluding diaryl/α,β-unsaturated/α-hetero) is 1. The molecule has 2 aliphatic heterocycles. The van der Waals surface area contributed by atoms with Crippen LogP contribution in [0.1, 0.15) is 54.8 Å². The molecule has 190 valence electrons. The van der Waals surface area contributed by atoms with E-state index in [-0.39, 0.29) is 11.8 Å². The van der Waals surface area contributed by atoms with Gasteiger partial charge in [0.25, 0.3) is 0 Å². The van der Waals surface area contributed by atoms with Crippen molar-refractivity contribution >= 4 is 35.3 Å². The molecule has 0 bridgehead atoms. The lowest BCUT2D eigenvalue weighted by atomic mass is 9.83. The second-order valence-electron chi connectivity index (χ2n) is 9.40. The van der Waals surface area contributed by atoms with E-state index in [1.807, 2.05) is 11.8 Å². The van der Waals surface area contributed by atoms with Gasteiger partial charge in [0.1, 0.15) is 6.67 Å². The highest BCUT2D eigenvalue weighted by atomic mass is 32.2. The van der Waals surface area contributed by atoms with Crippen molar-refractivity contribution in [1.82, 2.24) is 10.2 Å². The van der Waals surface area contributed by atoms with Crippen LogP contribution in [-0.4, -0.2) is 40.3 Å². The largest absolute Gasteiger partial charge is 0.337 e. The summed E-state index contributed by atoms with van der Waals surface area (Å²) in [4.78, 5) is 43.9. The zero-order valence-electron chi connectivity index (χ0n) is 20.3. The minimum Gasteiger partial charge on any atom is -0.335 e. The molecular formula is C28H27FN4O3S. The van der Waals surface area contributed by atoms with Crippen molar-refractivity contribution in [2.24, 2.45) is 0 Å². The van der Waals surface area contributed by atoms with Crippen LogP contribution in [0.2, 0.25) is 0 Å². The Morgan fingerprint density at radius 2 is 1.86 bits per heavy atom. The Labute approximate surface area is 219 Å². The lowest BCUT2D eigenvalue weighted by Crippen LogP contribution is -2.58. The lowest BCUT2D eigenvalue weighted by molar-refractivity contribution is -0.116. The first kappa shape index (κ1) is 25.0. The number of nitriles is 1. The summed E-state index contributed by atoms with van der Waals surface area (Å²) < 4.78 is 13.5. The number of alkyl halides is 1. The number of hydrogen-bond acceptors (Lipinski definition) is 5. The van der Waals surface area contributed by atoms with E-state index < -0.39 is 24.8 Å². The summed E-state index contributed by atoms with van der Waals surface area (Å²) in [6, 6.07) is 13.2. The van der Waals surface area contributed by atoms with Crippen molar-refractivity contribution in [2.75, 3.05) is 16.4 Å². The van der Waals surface area contributed by atoms with Gasteiger partial charge in [0, 0.05) is 23.7 Å². The first-order valence-electron chi connectivity index (χ1n) is 12.4. The van der Waals surface area contributed by atoms with Crippen LogP contribution in [0.25, 0.3) is 0 Å². The number of allylic oxidation sites excluding steroid dienone is 1. The van der Waals surface area contributed by atoms with Crippen molar-refractivity contribution in [3.63, 3.8) is 0 Å². The number of thioether (sulfide) groups is 1. The van der Waals surface area contributed by atoms with Crippen LogP contribution in [0.3, 0.4) is 0 Å². The van der Waals surface area contributed by atoms with Gasteiger partial charge in [-0.05, 0) is 72.6 Å². The molecule has 4 amide bonds. The maximum absolute atomic E-state index is 14.2. The molecule has 2 aromatic carbocycles. The van der Waals surface area contributed by atoms with E-state index in [1.54, 1.807) is 48.5 Å². The monoisotopic (exact) mass is 518 g/mol. The van der Waals surface area contributed by atoms with Crippen LogP contribution >= 0.6 is 11.8 Å². The molecule has 1 atom stereocenters.